The smallest absolute Gasteiger partial charge is 0.123 e. The molecular formula is C14H23FN2. The van der Waals surface area contributed by atoms with Crippen LogP contribution in [0.4, 0.5) is 4.39 Å². The van der Waals surface area contributed by atoms with Crippen LogP contribution in [0.2, 0.25) is 0 Å². The lowest BCUT2D eigenvalue weighted by Crippen LogP contribution is -2.30. The maximum absolute atomic E-state index is 13.0. The Kier molecular flexibility index (Phi) is 6.16. The third kappa shape index (κ3) is 5.80. The van der Waals surface area contributed by atoms with Crippen molar-refractivity contribution in [3.63, 3.8) is 0 Å². The van der Waals surface area contributed by atoms with Gasteiger partial charge < -0.3 is 10.2 Å². The largest absolute Gasteiger partial charge is 0.314 e. The summed E-state index contributed by atoms with van der Waals surface area (Å²) in [5.41, 5.74) is 1.03. The van der Waals surface area contributed by atoms with Crippen LogP contribution in [0.3, 0.4) is 0 Å². The quantitative estimate of drug-likeness (QED) is 0.785. The predicted molar refractivity (Wildman–Crippen MR) is 70.5 cm³/mol. The molecule has 1 N–H and O–H groups in total. The van der Waals surface area contributed by atoms with Crippen LogP contribution < -0.4 is 5.32 Å². The molecule has 0 aliphatic rings. The van der Waals surface area contributed by atoms with Crippen LogP contribution in [0.1, 0.15) is 25.8 Å². The summed E-state index contributed by atoms with van der Waals surface area (Å²) in [5.74, 6) is -0.156. The first kappa shape index (κ1) is 14.1. The summed E-state index contributed by atoms with van der Waals surface area (Å²) in [5, 5.41) is 3.39. The van der Waals surface area contributed by atoms with Crippen LogP contribution in [0.5, 0.6) is 0 Å². The van der Waals surface area contributed by atoms with E-state index >= 15 is 0 Å². The minimum Gasteiger partial charge on any atom is -0.314 e. The monoisotopic (exact) mass is 238 g/mol. The normalized spacial score (nSPS) is 13.0. The fourth-order valence-electron chi connectivity index (χ4n) is 1.89. The fraction of sp³-hybridized carbons (Fsp3) is 0.571. The van der Waals surface area contributed by atoms with Crippen molar-refractivity contribution >= 4 is 0 Å². The van der Waals surface area contributed by atoms with E-state index in [2.05, 4.69) is 31.1 Å². The number of halogens is 1. The second kappa shape index (κ2) is 7.41. The Morgan fingerprint density at radius 1 is 1.41 bits per heavy atom. The first-order chi connectivity index (χ1) is 8.11. The van der Waals surface area contributed by atoms with Crippen molar-refractivity contribution in [2.24, 2.45) is 0 Å². The van der Waals surface area contributed by atoms with Crippen molar-refractivity contribution in [3.8, 4) is 0 Å². The lowest BCUT2D eigenvalue weighted by atomic mass is 10.2. The molecule has 2 nitrogen and oxygen atoms in total. The highest BCUT2D eigenvalue weighted by molar-refractivity contribution is 5.15. The van der Waals surface area contributed by atoms with Crippen molar-refractivity contribution in [1.29, 1.82) is 0 Å². The Morgan fingerprint density at radius 3 is 2.82 bits per heavy atom. The Hall–Kier alpha value is -0.930. The molecule has 0 bridgehead atoms. The number of nitrogens with one attached hydrogen (secondary N) is 1. The summed E-state index contributed by atoms with van der Waals surface area (Å²) in [6, 6.07) is 7.35. The van der Waals surface area contributed by atoms with E-state index in [1.165, 1.54) is 6.07 Å². The molecule has 0 aromatic heterocycles. The van der Waals surface area contributed by atoms with Crippen molar-refractivity contribution in [2.45, 2.75) is 32.9 Å². The van der Waals surface area contributed by atoms with Gasteiger partial charge in [-0.15, -0.1) is 0 Å². The van der Waals surface area contributed by atoms with Crippen LogP contribution in [-0.2, 0) is 6.54 Å². The topological polar surface area (TPSA) is 15.3 Å². The van der Waals surface area contributed by atoms with E-state index in [-0.39, 0.29) is 5.82 Å². The van der Waals surface area contributed by atoms with Gasteiger partial charge in [0.2, 0.25) is 0 Å². The molecule has 0 saturated heterocycles. The summed E-state index contributed by atoms with van der Waals surface area (Å²) in [6.45, 7) is 7.14. The van der Waals surface area contributed by atoms with E-state index in [1.807, 2.05) is 6.07 Å². The average molecular weight is 238 g/mol. The molecular weight excluding hydrogens is 215 g/mol. The van der Waals surface area contributed by atoms with E-state index in [9.17, 15) is 4.39 Å². The Morgan fingerprint density at radius 2 is 2.18 bits per heavy atom. The van der Waals surface area contributed by atoms with Gasteiger partial charge in [-0.3, -0.25) is 0 Å². The first-order valence-electron chi connectivity index (χ1n) is 6.28. The molecule has 1 aromatic rings. The molecule has 1 aromatic carbocycles. The number of benzene rings is 1. The average Bonchev–Trinajstić information content (AvgIpc) is 2.27. The van der Waals surface area contributed by atoms with Gasteiger partial charge in [0, 0.05) is 12.6 Å². The fourth-order valence-corrected chi connectivity index (χ4v) is 1.89. The second-order valence-electron chi connectivity index (χ2n) is 4.62. The molecule has 0 spiro atoms. The zero-order valence-electron chi connectivity index (χ0n) is 11.0. The number of rotatable bonds is 7. The molecule has 1 unspecified atom stereocenters. The molecule has 1 atom stereocenters. The van der Waals surface area contributed by atoms with Crippen LogP contribution in [-0.4, -0.2) is 31.1 Å². The molecule has 0 amide bonds. The van der Waals surface area contributed by atoms with Crippen LogP contribution in [0.25, 0.3) is 0 Å². The highest BCUT2D eigenvalue weighted by atomic mass is 19.1. The molecule has 1 rings (SSSR count). The van der Waals surface area contributed by atoms with Gasteiger partial charge in [-0.05, 0) is 51.2 Å². The van der Waals surface area contributed by atoms with Crippen LogP contribution >= 0.6 is 0 Å². The van der Waals surface area contributed by atoms with E-state index < -0.39 is 0 Å². The van der Waals surface area contributed by atoms with E-state index in [4.69, 9.17) is 0 Å². The molecule has 3 heteroatoms. The molecule has 17 heavy (non-hydrogen) atoms. The van der Waals surface area contributed by atoms with Gasteiger partial charge in [-0.2, -0.15) is 0 Å². The number of hydrogen-bond acceptors (Lipinski definition) is 2. The highest BCUT2D eigenvalue weighted by Gasteiger charge is 2.04. The Bertz CT molecular complexity index is 328. The summed E-state index contributed by atoms with van der Waals surface area (Å²) in [4.78, 5) is 2.22. The summed E-state index contributed by atoms with van der Waals surface area (Å²) < 4.78 is 13.0. The summed E-state index contributed by atoms with van der Waals surface area (Å²) in [7, 11) is 2.07. The predicted octanol–water partition coefficient (Wildman–Crippen LogP) is 2.65. The Labute approximate surface area is 104 Å². The van der Waals surface area contributed by atoms with E-state index in [0.717, 1.165) is 31.6 Å². The van der Waals surface area contributed by atoms with Gasteiger partial charge in [0.05, 0.1) is 0 Å². The minimum absolute atomic E-state index is 0.156. The summed E-state index contributed by atoms with van der Waals surface area (Å²) in [6.07, 6.45) is 1.11. The Balaban J connectivity index is 2.32. The van der Waals surface area contributed by atoms with E-state index in [0.29, 0.717) is 6.04 Å². The zero-order chi connectivity index (χ0) is 12.7. The summed E-state index contributed by atoms with van der Waals surface area (Å²) >= 11 is 0. The van der Waals surface area contributed by atoms with Gasteiger partial charge in [0.1, 0.15) is 5.82 Å². The van der Waals surface area contributed by atoms with Crippen molar-refractivity contribution in [3.05, 3.63) is 35.6 Å². The minimum atomic E-state index is -0.156. The van der Waals surface area contributed by atoms with Crippen LogP contribution in [0.15, 0.2) is 24.3 Å². The molecule has 0 saturated carbocycles. The molecule has 0 aliphatic carbocycles. The van der Waals surface area contributed by atoms with Crippen molar-refractivity contribution in [2.75, 3.05) is 20.1 Å². The third-order valence-electron chi connectivity index (χ3n) is 2.84. The van der Waals surface area contributed by atoms with Gasteiger partial charge in [-0.25, -0.2) is 4.39 Å². The van der Waals surface area contributed by atoms with Gasteiger partial charge in [0.25, 0.3) is 0 Å². The number of hydrogen-bond donors (Lipinski definition) is 1. The highest BCUT2D eigenvalue weighted by Crippen LogP contribution is 2.06. The lowest BCUT2D eigenvalue weighted by Gasteiger charge is -2.19. The maximum atomic E-state index is 13.0. The third-order valence-corrected chi connectivity index (χ3v) is 2.84. The van der Waals surface area contributed by atoms with Crippen molar-refractivity contribution < 1.29 is 4.39 Å². The first-order valence-corrected chi connectivity index (χ1v) is 6.28. The van der Waals surface area contributed by atoms with Gasteiger partial charge >= 0.3 is 0 Å². The molecule has 96 valence electrons. The molecule has 0 fully saturated rings. The van der Waals surface area contributed by atoms with Crippen LogP contribution in [0, 0.1) is 5.82 Å². The standard InChI is InChI=1S/C14H23FN2/c1-4-16-12(2)8-9-17(3)11-13-6-5-7-14(15)10-13/h5-7,10,12,16H,4,8-9,11H2,1-3H3. The van der Waals surface area contributed by atoms with Crippen molar-refractivity contribution in [1.82, 2.24) is 10.2 Å². The number of nitrogens with zero attached hydrogens (tertiary/aromatic N) is 1. The second-order valence-corrected chi connectivity index (χ2v) is 4.62. The van der Waals surface area contributed by atoms with Gasteiger partial charge in [0.15, 0.2) is 0 Å². The molecule has 0 radical (unpaired) electrons. The van der Waals surface area contributed by atoms with E-state index in [1.54, 1.807) is 12.1 Å². The SMILES string of the molecule is CCNC(C)CCN(C)Cc1cccc(F)c1. The lowest BCUT2D eigenvalue weighted by molar-refractivity contribution is 0.304. The zero-order valence-corrected chi connectivity index (χ0v) is 11.0. The maximum Gasteiger partial charge on any atom is 0.123 e. The molecule has 0 heterocycles. The molecule has 0 aliphatic heterocycles. The van der Waals surface area contributed by atoms with Gasteiger partial charge in [-0.1, -0.05) is 19.1 Å².